The Labute approximate surface area is 117 Å². The first-order valence-corrected chi connectivity index (χ1v) is 6.39. The zero-order valence-electron chi connectivity index (χ0n) is 12.1. The van der Waals surface area contributed by atoms with Gasteiger partial charge < -0.3 is 14.6 Å². The van der Waals surface area contributed by atoms with Gasteiger partial charge >= 0.3 is 0 Å². The zero-order valence-corrected chi connectivity index (χ0v) is 12.1. The molecular weight excluding hydrogens is 258 g/mol. The lowest BCUT2D eigenvalue weighted by Gasteiger charge is -2.13. The molecule has 0 saturated heterocycles. The minimum Gasteiger partial charge on any atom is -0.493 e. The van der Waals surface area contributed by atoms with Crippen LogP contribution in [0.1, 0.15) is 25.6 Å². The average Bonchev–Trinajstić information content (AvgIpc) is 2.90. The Morgan fingerprint density at radius 1 is 1.20 bits per heavy atom. The molecule has 0 bridgehead atoms. The molecule has 0 radical (unpaired) electrons. The van der Waals surface area contributed by atoms with E-state index in [0.29, 0.717) is 17.2 Å². The maximum atomic E-state index is 9.43. The van der Waals surface area contributed by atoms with Crippen LogP contribution in [0, 0.1) is 0 Å². The minimum atomic E-state index is -0.156. The highest BCUT2D eigenvalue weighted by atomic mass is 16.5. The van der Waals surface area contributed by atoms with Gasteiger partial charge in [-0.2, -0.15) is 0 Å². The van der Waals surface area contributed by atoms with Crippen molar-refractivity contribution in [1.82, 2.24) is 15.0 Å². The van der Waals surface area contributed by atoms with Crippen molar-refractivity contribution in [2.24, 2.45) is 0 Å². The summed E-state index contributed by atoms with van der Waals surface area (Å²) in [6.45, 7) is 3.87. The lowest BCUT2D eigenvalue weighted by Crippen LogP contribution is -2.05. The lowest BCUT2D eigenvalue weighted by molar-refractivity contribution is 0.277. The van der Waals surface area contributed by atoms with Crippen molar-refractivity contribution in [2.75, 3.05) is 14.2 Å². The van der Waals surface area contributed by atoms with E-state index in [-0.39, 0.29) is 12.6 Å². The molecule has 1 aromatic carbocycles. The van der Waals surface area contributed by atoms with E-state index in [0.717, 1.165) is 11.3 Å². The number of aliphatic hydroxyl groups is 1. The number of hydrogen-bond acceptors (Lipinski definition) is 5. The molecule has 6 nitrogen and oxygen atoms in total. The first-order chi connectivity index (χ1) is 9.62. The van der Waals surface area contributed by atoms with Gasteiger partial charge in [-0.25, -0.2) is 4.68 Å². The fourth-order valence-electron chi connectivity index (χ4n) is 2.08. The summed E-state index contributed by atoms with van der Waals surface area (Å²) in [5.74, 6) is 1.29. The van der Waals surface area contributed by atoms with Gasteiger partial charge in [0.1, 0.15) is 5.69 Å². The van der Waals surface area contributed by atoms with E-state index < -0.39 is 0 Å². The highest BCUT2D eigenvalue weighted by Crippen LogP contribution is 2.34. The quantitative estimate of drug-likeness (QED) is 0.905. The molecule has 1 heterocycles. The van der Waals surface area contributed by atoms with Crippen molar-refractivity contribution in [3.63, 3.8) is 0 Å². The molecule has 0 aliphatic heterocycles. The fraction of sp³-hybridized carbons (Fsp3) is 0.429. The number of aromatic nitrogens is 3. The Bertz CT molecular complexity index is 593. The third-order valence-corrected chi connectivity index (χ3v) is 3.06. The van der Waals surface area contributed by atoms with Gasteiger partial charge in [-0.05, 0) is 32.0 Å². The summed E-state index contributed by atoms with van der Waals surface area (Å²) in [6, 6.07) is 5.73. The molecule has 0 saturated carbocycles. The number of nitrogens with zero attached hydrogens (tertiary/aromatic N) is 3. The van der Waals surface area contributed by atoms with Crippen LogP contribution in [-0.2, 0) is 6.61 Å². The van der Waals surface area contributed by atoms with Crippen LogP contribution < -0.4 is 9.47 Å². The van der Waals surface area contributed by atoms with Crippen molar-refractivity contribution in [3.8, 4) is 22.8 Å². The van der Waals surface area contributed by atoms with Crippen LogP contribution in [0.15, 0.2) is 18.2 Å². The summed E-state index contributed by atoms with van der Waals surface area (Å²) in [4.78, 5) is 0. The first kappa shape index (κ1) is 14.3. The van der Waals surface area contributed by atoms with E-state index in [1.807, 2.05) is 32.0 Å². The van der Waals surface area contributed by atoms with Crippen molar-refractivity contribution >= 4 is 0 Å². The Balaban J connectivity index is 2.58. The molecule has 2 aromatic rings. The summed E-state index contributed by atoms with van der Waals surface area (Å²) in [7, 11) is 3.18. The van der Waals surface area contributed by atoms with Crippen LogP contribution >= 0.6 is 0 Å². The molecule has 0 amide bonds. The Morgan fingerprint density at radius 2 is 1.90 bits per heavy atom. The van der Waals surface area contributed by atoms with Gasteiger partial charge in [0.25, 0.3) is 0 Å². The summed E-state index contributed by atoms with van der Waals surface area (Å²) in [6.07, 6.45) is 0. The Hall–Kier alpha value is -2.08. The molecule has 20 heavy (non-hydrogen) atoms. The first-order valence-electron chi connectivity index (χ1n) is 6.39. The predicted octanol–water partition coefficient (Wildman–Crippen LogP) is 2.04. The van der Waals surface area contributed by atoms with Crippen LogP contribution in [0.25, 0.3) is 11.3 Å². The van der Waals surface area contributed by atoms with Gasteiger partial charge in [0.15, 0.2) is 11.5 Å². The number of hydrogen-bond donors (Lipinski definition) is 1. The second kappa shape index (κ2) is 5.92. The molecule has 0 unspecified atom stereocenters. The predicted molar refractivity (Wildman–Crippen MR) is 74.9 cm³/mol. The molecular formula is C14H19N3O3. The van der Waals surface area contributed by atoms with Crippen LogP contribution in [0.3, 0.4) is 0 Å². The van der Waals surface area contributed by atoms with Gasteiger partial charge in [-0.1, -0.05) is 5.21 Å². The molecule has 108 valence electrons. The monoisotopic (exact) mass is 277 g/mol. The molecule has 2 rings (SSSR count). The third-order valence-electron chi connectivity index (χ3n) is 3.06. The smallest absolute Gasteiger partial charge is 0.161 e. The van der Waals surface area contributed by atoms with Gasteiger partial charge in [0.05, 0.1) is 26.5 Å². The SMILES string of the molecule is COc1ccc(-c2c(CO)nnn2C(C)C)cc1OC. The van der Waals surface area contributed by atoms with E-state index in [1.165, 1.54) is 0 Å². The molecule has 0 fully saturated rings. The maximum Gasteiger partial charge on any atom is 0.161 e. The van der Waals surface area contributed by atoms with E-state index >= 15 is 0 Å². The Kier molecular flexibility index (Phi) is 4.24. The number of methoxy groups -OCH3 is 2. The summed E-state index contributed by atoms with van der Waals surface area (Å²) in [5.41, 5.74) is 2.22. The summed E-state index contributed by atoms with van der Waals surface area (Å²) < 4.78 is 12.3. The number of ether oxygens (including phenoxy) is 2. The maximum absolute atomic E-state index is 9.43. The summed E-state index contributed by atoms with van der Waals surface area (Å²) in [5, 5.41) is 17.5. The molecule has 6 heteroatoms. The molecule has 1 aromatic heterocycles. The van der Waals surface area contributed by atoms with Gasteiger partial charge in [0.2, 0.25) is 0 Å². The van der Waals surface area contributed by atoms with E-state index in [4.69, 9.17) is 9.47 Å². The van der Waals surface area contributed by atoms with Crippen LogP contribution in [0.4, 0.5) is 0 Å². The standard InChI is InChI=1S/C14H19N3O3/c1-9(2)17-14(11(8-18)15-16-17)10-5-6-12(19-3)13(7-10)20-4/h5-7,9,18H,8H2,1-4H3. The number of aliphatic hydroxyl groups excluding tert-OH is 1. The highest BCUT2D eigenvalue weighted by molar-refractivity contribution is 5.66. The van der Waals surface area contributed by atoms with E-state index in [1.54, 1.807) is 18.9 Å². The third kappa shape index (κ3) is 2.46. The molecule has 0 atom stereocenters. The Morgan fingerprint density at radius 3 is 2.45 bits per heavy atom. The molecule has 0 aliphatic carbocycles. The summed E-state index contributed by atoms with van der Waals surface area (Å²) >= 11 is 0. The zero-order chi connectivity index (χ0) is 14.7. The number of benzene rings is 1. The van der Waals surface area contributed by atoms with Crippen molar-refractivity contribution in [1.29, 1.82) is 0 Å². The fourth-order valence-corrected chi connectivity index (χ4v) is 2.08. The van der Waals surface area contributed by atoms with Gasteiger partial charge in [-0.15, -0.1) is 5.10 Å². The largest absolute Gasteiger partial charge is 0.493 e. The molecule has 1 N–H and O–H groups in total. The van der Waals surface area contributed by atoms with Gasteiger partial charge in [-0.3, -0.25) is 0 Å². The highest BCUT2D eigenvalue weighted by Gasteiger charge is 2.17. The van der Waals surface area contributed by atoms with Crippen LogP contribution in [0.5, 0.6) is 11.5 Å². The topological polar surface area (TPSA) is 69.4 Å². The number of rotatable bonds is 5. The van der Waals surface area contributed by atoms with Crippen molar-refractivity contribution in [3.05, 3.63) is 23.9 Å². The van der Waals surface area contributed by atoms with Crippen molar-refractivity contribution < 1.29 is 14.6 Å². The van der Waals surface area contributed by atoms with E-state index in [9.17, 15) is 5.11 Å². The molecule has 0 spiro atoms. The second-order valence-electron chi connectivity index (χ2n) is 4.65. The molecule has 0 aliphatic rings. The van der Waals surface area contributed by atoms with Crippen molar-refractivity contribution in [2.45, 2.75) is 26.5 Å². The lowest BCUT2D eigenvalue weighted by atomic mass is 10.1. The van der Waals surface area contributed by atoms with Crippen LogP contribution in [-0.4, -0.2) is 34.3 Å². The van der Waals surface area contributed by atoms with Crippen LogP contribution in [0.2, 0.25) is 0 Å². The van der Waals surface area contributed by atoms with Gasteiger partial charge in [0, 0.05) is 11.6 Å². The minimum absolute atomic E-state index is 0.144. The van der Waals surface area contributed by atoms with E-state index in [2.05, 4.69) is 10.3 Å². The normalized spacial score (nSPS) is 10.9. The second-order valence-corrected chi connectivity index (χ2v) is 4.65. The average molecular weight is 277 g/mol.